The summed E-state index contributed by atoms with van der Waals surface area (Å²) >= 11 is 6.02. The Hall–Kier alpha value is -2.86. The van der Waals surface area contributed by atoms with Crippen LogP contribution in [-0.4, -0.2) is 9.97 Å². The number of aromatic nitrogens is 2. The second-order valence-corrected chi connectivity index (χ2v) is 5.61. The fourth-order valence-electron chi connectivity index (χ4n) is 2.14. The van der Waals surface area contributed by atoms with E-state index < -0.39 is 5.82 Å². The second kappa shape index (κ2) is 6.72. The minimum atomic E-state index is -0.393. The van der Waals surface area contributed by atoms with Gasteiger partial charge in [0.25, 0.3) is 0 Å². The smallest absolute Gasteiger partial charge is 0.159 e. The minimum Gasteiger partial charge on any atom is -0.393 e. The Morgan fingerprint density at radius 2 is 1.67 bits per heavy atom. The van der Waals surface area contributed by atoms with Crippen LogP contribution in [0, 0.1) is 12.7 Å². The van der Waals surface area contributed by atoms with E-state index in [2.05, 4.69) is 20.6 Å². The highest BCUT2D eigenvalue weighted by Gasteiger charge is 2.11. The molecule has 7 heteroatoms. The summed E-state index contributed by atoms with van der Waals surface area (Å²) in [6.45, 7) is 1.94. The highest BCUT2D eigenvalue weighted by atomic mass is 35.5. The first-order chi connectivity index (χ1) is 11.5. The van der Waals surface area contributed by atoms with Gasteiger partial charge >= 0.3 is 0 Å². The summed E-state index contributed by atoms with van der Waals surface area (Å²) in [6.07, 6.45) is 1.35. The molecule has 5 nitrogen and oxygen atoms in total. The number of nitrogens with one attached hydrogen (secondary N) is 2. The van der Waals surface area contributed by atoms with Crippen molar-refractivity contribution in [2.75, 3.05) is 16.4 Å². The maximum atomic E-state index is 13.8. The summed E-state index contributed by atoms with van der Waals surface area (Å²) in [7, 11) is 0. The van der Waals surface area contributed by atoms with Gasteiger partial charge in [0.2, 0.25) is 0 Å². The molecule has 0 spiro atoms. The van der Waals surface area contributed by atoms with E-state index >= 15 is 0 Å². The third-order valence-electron chi connectivity index (χ3n) is 3.46. The van der Waals surface area contributed by atoms with Crippen LogP contribution in [0.1, 0.15) is 5.56 Å². The lowest BCUT2D eigenvalue weighted by Gasteiger charge is -2.14. The number of halogens is 2. The molecule has 4 N–H and O–H groups in total. The Balaban J connectivity index is 1.91. The van der Waals surface area contributed by atoms with Crippen LogP contribution in [0.3, 0.4) is 0 Å². The van der Waals surface area contributed by atoms with Gasteiger partial charge in [0, 0.05) is 10.7 Å². The molecule has 122 valence electrons. The van der Waals surface area contributed by atoms with Gasteiger partial charge in [-0.1, -0.05) is 29.8 Å². The molecule has 0 fully saturated rings. The SMILES string of the molecule is Cc1ccc(Cl)cc1Nc1ncnc(Nc2ccccc2F)c1N. The number of nitrogen functional groups attached to an aromatic ring is 1. The third-order valence-corrected chi connectivity index (χ3v) is 3.70. The zero-order chi connectivity index (χ0) is 17.1. The molecule has 3 aromatic rings. The molecule has 0 bridgehead atoms. The van der Waals surface area contributed by atoms with Crippen molar-refractivity contribution < 1.29 is 4.39 Å². The Bertz CT molecular complexity index is 885. The summed E-state index contributed by atoms with van der Waals surface area (Å²) in [4.78, 5) is 8.22. The van der Waals surface area contributed by atoms with Crippen molar-refractivity contribution in [1.82, 2.24) is 9.97 Å². The average Bonchev–Trinajstić information content (AvgIpc) is 2.56. The molecule has 0 aliphatic rings. The lowest BCUT2D eigenvalue weighted by Crippen LogP contribution is -2.06. The lowest BCUT2D eigenvalue weighted by atomic mass is 10.2. The summed E-state index contributed by atoms with van der Waals surface area (Å²) in [5, 5.41) is 6.60. The van der Waals surface area contributed by atoms with Gasteiger partial charge in [-0.05, 0) is 36.8 Å². The summed E-state index contributed by atoms with van der Waals surface area (Å²) in [5.41, 5.74) is 8.44. The van der Waals surface area contributed by atoms with Crippen LogP contribution in [-0.2, 0) is 0 Å². The Morgan fingerprint density at radius 3 is 2.38 bits per heavy atom. The van der Waals surface area contributed by atoms with Gasteiger partial charge in [0.1, 0.15) is 17.8 Å². The first-order valence-electron chi connectivity index (χ1n) is 7.20. The lowest BCUT2D eigenvalue weighted by molar-refractivity contribution is 0.632. The Morgan fingerprint density at radius 1 is 1.00 bits per heavy atom. The quantitative estimate of drug-likeness (QED) is 0.643. The number of rotatable bonds is 4. The van der Waals surface area contributed by atoms with E-state index in [1.165, 1.54) is 12.4 Å². The maximum Gasteiger partial charge on any atom is 0.159 e. The van der Waals surface area contributed by atoms with Gasteiger partial charge in [0.15, 0.2) is 11.6 Å². The monoisotopic (exact) mass is 343 g/mol. The van der Waals surface area contributed by atoms with E-state index in [1.54, 1.807) is 30.3 Å². The Kier molecular flexibility index (Phi) is 4.48. The van der Waals surface area contributed by atoms with Crippen LogP contribution in [0.5, 0.6) is 0 Å². The van der Waals surface area contributed by atoms with Crippen LogP contribution in [0.4, 0.5) is 33.1 Å². The maximum absolute atomic E-state index is 13.8. The molecular formula is C17H15ClFN5. The predicted molar refractivity (Wildman–Crippen MR) is 95.6 cm³/mol. The van der Waals surface area contributed by atoms with Crippen LogP contribution in [0.25, 0.3) is 0 Å². The summed E-state index contributed by atoms with van der Waals surface area (Å²) in [5.74, 6) is 0.335. The van der Waals surface area contributed by atoms with E-state index in [0.29, 0.717) is 16.7 Å². The van der Waals surface area contributed by atoms with E-state index in [0.717, 1.165) is 11.3 Å². The normalized spacial score (nSPS) is 10.5. The molecular weight excluding hydrogens is 329 g/mol. The standard InChI is InChI=1S/C17H15ClFN5/c1-10-6-7-11(18)8-14(10)24-17-15(20)16(21-9-22-17)23-13-5-3-2-4-12(13)19/h2-9H,20H2,1H3,(H2,21,22,23,24). The molecule has 2 aromatic carbocycles. The zero-order valence-corrected chi connectivity index (χ0v) is 13.6. The average molecular weight is 344 g/mol. The fourth-order valence-corrected chi connectivity index (χ4v) is 2.31. The van der Waals surface area contributed by atoms with Crippen molar-refractivity contribution in [2.45, 2.75) is 6.92 Å². The summed E-state index contributed by atoms with van der Waals surface area (Å²) in [6, 6.07) is 11.8. The number of nitrogens with two attached hydrogens (primary N) is 1. The van der Waals surface area contributed by atoms with Gasteiger partial charge in [0.05, 0.1) is 5.69 Å². The molecule has 0 atom stereocenters. The first kappa shape index (κ1) is 16.0. The second-order valence-electron chi connectivity index (χ2n) is 5.17. The van der Waals surface area contributed by atoms with Crippen LogP contribution >= 0.6 is 11.6 Å². The number of hydrogen-bond acceptors (Lipinski definition) is 5. The number of aryl methyl sites for hydroxylation is 1. The molecule has 0 saturated carbocycles. The van der Waals surface area contributed by atoms with E-state index in [-0.39, 0.29) is 11.4 Å². The third kappa shape index (κ3) is 3.38. The van der Waals surface area contributed by atoms with Crippen LogP contribution in [0.15, 0.2) is 48.8 Å². The predicted octanol–water partition coefficient (Wildman–Crippen LogP) is 4.65. The molecule has 0 aliphatic heterocycles. The van der Waals surface area contributed by atoms with Crippen molar-refractivity contribution in [3.8, 4) is 0 Å². The van der Waals surface area contributed by atoms with Crippen LogP contribution < -0.4 is 16.4 Å². The molecule has 0 aliphatic carbocycles. The van der Waals surface area contributed by atoms with Crippen molar-refractivity contribution in [2.24, 2.45) is 0 Å². The van der Waals surface area contributed by atoms with Crippen molar-refractivity contribution in [1.29, 1.82) is 0 Å². The van der Waals surface area contributed by atoms with Gasteiger partial charge < -0.3 is 16.4 Å². The number of nitrogens with zero attached hydrogens (tertiary/aromatic N) is 2. The van der Waals surface area contributed by atoms with Gasteiger partial charge in [-0.25, -0.2) is 14.4 Å². The zero-order valence-electron chi connectivity index (χ0n) is 12.8. The molecule has 3 rings (SSSR count). The Labute approximate surface area is 143 Å². The van der Waals surface area contributed by atoms with E-state index in [1.807, 2.05) is 13.0 Å². The van der Waals surface area contributed by atoms with Gasteiger partial charge in [-0.3, -0.25) is 0 Å². The molecule has 0 amide bonds. The highest BCUT2D eigenvalue weighted by molar-refractivity contribution is 6.30. The number of hydrogen-bond donors (Lipinski definition) is 3. The van der Waals surface area contributed by atoms with Crippen molar-refractivity contribution in [3.63, 3.8) is 0 Å². The number of benzene rings is 2. The fraction of sp³-hybridized carbons (Fsp3) is 0.0588. The van der Waals surface area contributed by atoms with Crippen molar-refractivity contribution >= 4 is 40.3 Å². The molecule has 24 heavy (non-hydrogen) atoms. The van der Waals surface area contributed by atoms with E-state index in [9.17, 15) is 4.39 Å². The number of para-hydroxylation sites is 1. The molecule has 0 saturated heterocycles. The van der Waals surface area contributed by atoms with E-state index in [4.69, 9.17) is 17.3 Å². The van der Waals surface area contributed by atoms with Gasteiger partial charge in [-0.15, -0.1) is 0 Å². The molecule has 1 heterocycles. The van der Waals surface area contributed by atoms with Crippen molar-refractivity contribution in [3.05, 3.63) is 65.2 Å². The molecule has 1 aromatic heterocycles. The minimum absolute atomic E-state index is 0.278. The summed E-state index contributed by atoms with van der Waals surface area (Å²) < 4.78 is 13.8. The topological polar surface area (TPSA) is 75.9 Å². The largest absolute Gasteiger partial charge is 0.393 e. The number of anilines is 5. The van der Waals surface area contributed by atoms with Crippen LogP contribution in [0.2, 0.25) is 5.02 Å². The molecule has 0 unspecified atom stereocenters. The molecule has 0 radical (unpaired) electrons. The highest BCUT2D eigenvalue weighted by Crippen LogP contribution is 2.30. The first-order valence-corrected chi connectivity index (χ1v) is 7.57. The van der Waals surface area contributed by atoms with Gasteiger partial charge in [-0.2, -0.15) is 0 Å².